The highest BCUT2D eigenvalue weighted by molar-refractivity contribution is 9.10. The van der Waals surface area contributed by atoms with Gasteiger partial charge in [-0.05, 0) is 34.1 Å². The van der Waals surface area contributed by atoms with Gasteiger partial charge < -0.3 is 5.32 Å². The van der Waals surface area contributed by atoms with Gasteiger partial charge in [0, 0.05) is 18.1 Å². The van der Waals surface area contributed by atoms with Crippen molar-refractivity contribution < 1.29 is 13.2 Å². The molecule has 0 unspecified atom stereocenters. The van der Waals surface area contributed by atoms with E-state index < -0.39 is 10.0 Å². The van der Waals surface area contributed by atoms with Crippen molar-refractivity contribution in [2.45, 2.75) is 11.8 Å². The lowest BCUT2D eigenvalue weighted by molar-refractivity contribution is -0.120. The van der Waals surface area contributed by atoms with Crippen LogP contribution in [0.25, 0.3) is 0 Å². The van der Waals surface area contributed by atoms with Crippen LogP contribution in [0.3, 0.4) is 0 Å². The number of benzene rings is 1. The molecule has 0 aliphatic rings. The molecule has 0 aromatic heterocycles. The second-order valence-electron chi connectivity index (χ2n) is 3.68. The van der Waals surface area contributed by atoms with Crippen LogP contribution in [0.1, 0.15) is 6.92 Å². The van der Waals surface area contributed by atoms with Crippen molar-refractivity contribution in [1.82, 2.24) is 9.62 Å². The van der Waals surface area contributed by atoms with Crippen LogP contribution in [0.2, 0.25) is 5.02 Å². The lowest BCUT2D eigenvalue weighted by atomic mass is 10.4. The molecule has 0 radical (unpaired) electrons. The van der Waals surface area contributed by atoms with Crippen LogP contribution in [0.5, 0.6) is 0 Å². The van der Waals surface area contributed by atoms with Gasteiger partial charge in [0.2, 0.25) is 15.9 Å². The lowest BCUT2D eigenvalue weighted by Gasteiger charge is -2.19. The van der Waals surface area contributed by atoms with E-state index in [1.165, 1.54) is 25.2 Å². The Bertz CT molecular complexity index is 577. The van der Waals surface area contributed by atoms with Gasteiger partial charge in [-0.1, -0.05) is 18.5 Å². The van der Waals surface area contributed by atoms with Gasteiger partial charge in [0.25, 0.3) is 0 Å². The average molecular weight is 370 g/mol. The molecule has 8 heteroatoms. The Hall–Kier alpha value is -0.630. The Kier molecular flexibility index (Phi) is 5.79. The summed E-state index contributed by atoms with van der Waals surface area (Å²) < 4.78 is 26.3. The molecule has 0 aliphatic carbocycles. The van der Waals surface area contributed by atoms with Gasteiger partial charge in [-0.25, -0.2) is 8.42 Å². The van der Waals surface area contributed by atoms with E-state index in [1.807, 2.05) is 0 Å². The van der Waals surface area contributed by atoms with Gasteiger partial charge in [0.05, 0.1) is 16.5 Å². The highest BCUT2D eigenvalue weighted by atomic mass is 79.9. The zero-order valence-electron chi connectivity index (χ0n) is 10.5. The zero-order valence-corrected chi connectivity index (χ0v) is 13.6. The van der Waals surface area contributed by atoms with Crippen molar-refractivity contribution >= 4 is 43.5 Å². The number of nitrogens with one attached hydrogen (secondary N) is 1. The standard InChI is InChI=1S/C11H14BrClN2O3S/c1-3-15(7-11(16)14-2)19(17,18)8-4-5-10(13)9(12)6-8/h4-6H,3,7H2,1-2H3,(H,14,16). The van der Waals surface area contributed by atoms with E-state index in [-0.39, 0.29) is 23.9 Å². The molecule has 0 spiro atoms. The normalized spacial score (nSPS) is 11.6. The quantitative estimate of drug-likeness (QED) is 0.861. The van der Waals surface area contributed by atoms with Crippen LogP contribution in [0.15, 0.2) is 27.6 Å². The summed E-state index contributed by atoms with van der Waals surface area (Å²) in [7, 11) is -2.25. The van der Waals surface area contributed by atoms with Crippen molar-refractivity contribution in [3.05, 3.63) is 27.7 Å². The minimum atomic E-state index is -3.71. The third-order valence-corrected chi connectivity index (χ3v) is 5.61. The fraction of sp³-hybridized carbons (Fsp3) is 0.364. The first kappa shape index (κ1) is 16.4. The molecule has 1 amide bonds. The number of rotatable bonds is 5. The number of sulfonamides is 1. The number of carbonyl (C=O) groups excluding carboxylic acids is 1. The van der Waals surface area contributed by atoms with Gasteiger partial charge in [0.15, 0.2) is 0 Å². The van der Waals surface area contributed by atoms with Crippen LogP contribution in [-0.4, -0.2) is 38.8 Å². The number of amides is 1. The topological polar surface area (TPSA) is 66.5 Å². The molecule has 1 N–H and O–H groups in total. The third-order valence-electron chi connectivity index (χ3n) is 2.48. The maximum Gasteiger partial charge on any atom is 0.243 e. The first-order valence-electron chi connectivity index (χ1n) is 5.48. The minimum absolute atomic E-state index is 0.0922. The van der Waals surface area contributed by atoms with Crippen molar-refractivity contribution in [2.24, 2.45) is 0 Å². The van der Waals surface area contributed by atoms with Gasteiger partial charge in [-0.2, -0.15) is 4.31 Å². The SMILES string of the molecule is CCN(CC(=O)NC)S(=O)(=O)c1ccc(Cl)c(Br)c1. The van der Waals surface area contributed by atoms with E-state index in [1.54, 1.807) is 6.92 Å². The molecular weight excluding hydrogens is 356 g/mol. The minimum Gasteiger partial charge on any atom is -0.358 e. The molecular formula is C11H14BrClN2O3S. The Morgan fingerprint density at radius 2 is 2.11 bits per heavy atom. The van der Waals surface area contributed by atoms with E-state index in [2.05, 4.69) is 21.2 Å². The molecule has 0 aliphatic heterocycles. The fourth-order valence-electron chi connectivity index (χ4n) is 1.39. The molecule has 0 atom stereocenters. The highest BCUT2D eigenvalue weighted by Gasteiger charge is 2.25. The highest BCUT2D eigenvalue weighted by Crippen LogP contribution is 2.26. The van der Waals surface area contributed by atoms with E-state index in [0.29, 0.717) is 9.50 Å². The monoisotopic (exact) mass is 368 g/mol. The van der Waals surface area contributed by atoms with Gasteiger partial charge >= 0.3 is 0 Å². The van der Waals surface area contributed by atoms with Gasteiger partial charge in [-0.3, -0.25) is 4.79 Å². The molecule has 5 nitrogen and oxygen atoms in total. The summed E-state index contributed by atoms with van der Waals surface area (Å²) in [4.78, 5) is 11.4. The predicted octanol–water partition coefficient (Wildman–Crippen LogP) is 1.86. The van der Waals surface area contributed by atoms with Crippen LogP contribution >= 0.6 is 27.5 Å². The second kappa shape index (κ2) is 6.69. The molecule has 1 rings (SSSR count). The summed E-state index contributed by atoms with van der Waals surface area (Å²) >= 11 is 9.01. The maximum absolute atomic E-state index is 12.4. The molecule has 1 aromatic rings. The fourth-order valence-corrected chi connectivity index (χ4v) is 3.47. The smallest absolute Gasteiger partial charge is 0.243 e. The van der Waals surface area contributed by atoms with Crippen molar-refractivity contribution in [2.75, 3.05) is 20.1 Å². The summed E-state index contributed by atoms with van der Waals surface area (Å²) in [6, 6.07) is 4.32. The number of hydrogen-bond donors (Lipinski definition) is 1. The molecule has 0 bridgehead atoms. The van der Waals surface area contributed by atoms with Crippen LogP contribution in [0.4, 0.5) is 0 Å². The Balaban J connectivity index is 3.13. The molecule has 19 heavy (non-hydrogen) atoms. The van der Waals surface area contributed by atoms with Gasteiger partial charge in [-0.15, -0.1) is 0 Å². The first-order chi connectivity index (χ1) is 8.82. The first-order valence-corrected chi connectivity index (χ1v) is 8.09. The molecule has 106 valence electrons. The Labute approximate surface area is 126 Å². The number of likely N-dealkylation sites (N-methyl/N-ethyl adjacent to an activating group) is 2. The third kappa shape index (κ3) is 3.92. The summed E-state index contributed by atoms with van der Waals surface area (Å²) in [5.74, 6) is -0.363. The van der Waals surface area contributed by atoms with E-state index >= 15 is 0 Å². The van der Waals surface area contributed by atoms with Crippen molar-refractivity contribution in [1.29, 1.82) is 0 Å². The van der Waals surface area contributed by atoms with Crippen molar-refractivity contribution in [3.8, 4) is 0 Å². The second-order valence-corrected chi connectivity index (χ2v) is 6.88. The zero-order chi connectivity index (χ0) is 14.6. The average Bonchev–Trinajstić information content (AvgIpc) is 2.38. The summed E-state index contributed by atoms with van der Waals surface area (Å²) in [5.41, 5.74) is 0. The number of carbonyl (C=O) groups is 1. The predicted molar refractivity (Wildman–Crippen MR) is 77.7 cm³/mol. The van der Waals surface area contributed by atoms with E-state index in [4.69, 9.17) is 11.6 Å². The molecule has 0 saturated heterocycles. The Morgan fingerprint density at radius 1 is 1.47 bits per heavy atom. The lowest BCUT2D eigenvalue weighted by Crippen LogP contribution is -2.39. The van der Waals surface area contributed by atoms with E-state index in [9.17, 15) is 13.2 Å². The molecule has 0 saturated carbocycles. The summed E-state index contributed by atoms with van der Waals surface area (Å²) in [5, 5.41) is 2.82. The number of halogens is 2. The maximum atomic E-state index is 12.4. The Morgan fingerprint density at radius 3 is 2.58 bits per heavy atom. The largest absolute Gasteiger partial charge is 0.358 e. The van der Waals surface area contributed by atoms with Gasteiger partial charge in [0.1, 0.15) is 0 Å². The van der Waals surface area contributed by atoms with E-state index in [0.717, 1.165) is 4.31 Å². The van der Waals surface area contributed by atoms with Crippen LogP contribution in [0, 0.1) is 0 Å². The van der Waals surface area contributed by atoms with Crippen LogP contribution in [-0.2, 0) is 14.8 Å². The molecule has 0 heterocycles. The van der Waals surface area contributed by atoms with Crippen molar-refractivity contribution in [3.63, 3.8) is 0 Å². The molecule has 0 fully saturated rings. The summed E-state index contributed by atoms with van der Waals surface area (Å²) in [6.45, 7) is 1.66. The number of nitrogens with zero attached hydrogens (tertiary/aromatic N) is 1. The molecule has 1 aromatic carbocycles. The summed E-state index contributed by atoms with van der Waals surface area (Å²) in [6.07, 6.45) is 0. The van der Waals surface area contributed by atoms with Crippen LogP contribution < -0.4 is 5.32 Å². The number of hydrogen-bond acceptors (Lipinski definition) is 3.